The quantitative estimate of drug-likeness (QED) is 0.762. The number of nitrogens with zero attached hydrogens (tertiary/aromatic N) is 1. The number of rotatable bonds is 4. The Morgan fingerprint density at radius 3 is 2.91 bits per heavy atom. The van der Waals surface area contributed by atoms with Crippen molar-refractivity contribution in [3.63, 3.8) is 0 Å². The van der Waals surface area contributed by atoms with Gasteiger partial charge in [0.25, 0.3) is 5.91 Å². The molecule has 1 N–H and O–H groups in total. The first kappa shape index (κ1) is 14.8. The third-order valence-corrected chi connectivity index (χ3v) is 4.32. The number of hydrogen-bond acceptors (Lipinski definition) is 4. The number of aromatic nitrogens is 1. The molecule has 0 bridgehead atoms. The molecule has 112 valence electrons. The Morgan fingerprint density at radius 1 is 1.32 bits per heavy atom. The molecule has 0 fully saturated rings. The topological polar surface area (TPSA) is 55.1 Å². The van der Waals surface area contributed by atoms with E-state index < -0.39 is 0 Å². The fraction of sp³-hybridized carbons (Fsp3) is 0.125. The predicted molar refractivity (Wildman–Crippen MR) is 87.1 cm³/mol. The van der Waals surface area contributed by atoms with Crippen LogP contribution in [0.15, 0.2) is 52.4 Å². The van der Waals surface area contributed by atoms with Gasteiger partial charge in [-0.1, -0.05) is 35.0 Å². The summed E-state index contributed by atoms with van der Waals surface area (Å²) in [4.78, 5) is 13.2. The van der Waals surface area contributed by atoms with E-state index in [1.165, 1.54) is 11.3 Å². The smallest absolute Gasteiger partial charge is 0.273 e. The van der Waals surface area contributed by atoms with E-state index in [1.54, 1.807) is 12.1 Å². The number of halogens is 1. The molecule has 1 aromatic carbocycles. The molecule has 4 nitrogen and oxygen atoms in total. The Kier molecular flexibility index (Phi) is 4.27. The lowest BCUT2D eigenvalue weighted by Gasteiger charge is -2.13. The van der Waals surface area contributed by atoms with Gasteiger partial charge in [-0.3, -0.25) is 4.79 Å². The van der Waals surface area contributed by atoms with Gasteiger partial charge in [-0.15, -0.1) is 11.3 Å². The van der Waals surface area contributed by atoms with Gasteiger partial charge in [-0.05, 0) is 36.1 Å². The zero-order valence-electron chi connectivity index (χ0n) is 11.7. The molecule has 0 saturated carbocycles. The summed E-state index contributed by atoms with van der Waals surface area (Å²) in [6, 6.07) is 12.7. The first-order valence-corrected chi connectivity index (χ1v) is 7.96. The van der Waals surface area contributed by atoms with Crippen molar-refractivity contribution in [2.24, 2.45) is 0 Å². The molecule has 0 aliphatic heterocycles. The average molecular weight is 333 g/mol. The molecule has 0 spiro atoms. The Balaban J connectivity index is 1.72. The number of amides is 1. The molecular formula is C16H13ClN2O2S. The normalized spacial score (nSPS) is 12.1. The van der Waals surface area contributed by atoms with Crippen molar-refractivity contribution in [1.29, 1.82) is 0 Å². The average Bonchev–Trinajstić information content (AvgIpc) is 3.18. The van der Waals surface area contributed by atoms with Crippen molar-refractivity contribution in [2.75, 3.05) is 0 Å². The minimum absolute atomic E-state index is 0.173. The lowest BCUT2D eigenvalue weighted by atomic mass is 10.1. The molecule has 3 aromatic rings. The van der Waals surface area contributed by atoms with E-state index in [2.05, 4.69) is 10.5 Å². The summed E-state index contributed by atoms with van der Waals surface area (Å²) in [5.74, 6) is 0.314. The highest BCUT2D eigenvalue weighted by Crippen LogP contribution is 2.25. The van der Waals surface area contributed by atoms with Gasteiger partial charge < -0.3 is 9.84 Å². The fourth-order valence-corrected chi connectivity index (χ4v) is 2.92. The summed E-state index contributed by atoms with van der Waals surface area (Å²) in [5.41, 5.74) is 1.19. The van der Waals surface area contributed by atoms with Gasteiger partial charge in [0, 0.05) is 11.1 Å². The van der Waals surface area contributed by atoms with Crippen LogP contribution in [0.3, 0.4) is 0 Å². The molecule has 0 aliphatic carbocycles. The maximum atomic E-state index is 12.2. The highest BCUT2D eigenvalue weighted by Gasteiger charge is 2.17. The Morgan fingerprint density at radius 2 is 2.18 bits per heavy atom. The molecule has 2 heterocycles. The van der Waals surface area contributed by atoms with Crippen molar-refractivity contribution < 1.29 is 9.32 Å². The van der Waals surface area contributed by atoms with Crippen LogP contribution in [0.4, 0.5) is 0 Å². The second-order valence-corrected chi connectivity index (χ2v) is 6.19. The number of carbonyl (C=O) groups excluding carboxylic acids is 1. The largest absolute Gasteiger partial charge is 0.355 e. The maximum Gasteiger partial charge on any atom is 0.273 e. The number of nitrogens with one attached hydrogen (secondary N) is 1. The summed E-state index contributed by atoms with van der Waals surface area (Å²) < 4.78 is 5.22. The van der Waals surface area contributed by atoms with Crippen LogP contribution < -0.4 is 5.32 Å². The summed E-state index contributed by atoms with van der Waals surface area (Å²) in [7, 11) is 0. The van der Waals surface area contributed by atoms with E-state index >= 15 is 0 Å². The van der Waals surface area contributed by atoms with Crippen molar-refractivity contribution in [3.05, 3.63) is 64.1 Å². The Bertz CT molecular complexity index is 783. The number of hydrogen-bond donors (Lipinski definition) is 1. The third-order valence-electron chi connectivity index (χ3n) is 3.20. The summed E-state index contributed by atoms with van der Waals surface area (Å²) in [6.07, 6.45) is 0. The van der Waals surface area contributed by atoms with Crippen LogP contribution in [-0.4, -0.2) is 11.1 Å². The van der Waals surface area contributed by atoms with Crippen LogP contribution in [-0.2, 0) is 0 Å². The molecular weight excluding hydrogens is 320 g/mol. The molecule has 6 heteroatoms. The SMILES string of the molecule is CC(NC(=O)c1cc(-c2cccs2)on1)c1cccc(Cl)c1. The fourth-order valence-electron chi connectivity index (χ4n) is 2.05. The molecule has 22 heavy (non-hydrogen) atoms. The van der Waals surface area contributed by atoms with E-state index in [-0.39, 0.29) is 17.6 Å². The third kappa shape index (κ3) is 3.21. The maximum absolute atomic E-state index is 12.2. The zero-order valence-corrected chi connectivity index (χ0v) is 13.3. The molecule has 0 saturated heterocycles. The van der Waals surface area contributed by atoms with Crippen molar-refractivity contribution in [1.82, 2.24) is 10.5 Å². The summed E-state index contributed by atoms with van der Waals surface area (Å²) in [5, 5.41) is 9.29. The van der Waals surface area contributed by atoms with Crippen LogP contribution >= 0.6 is 22.9 Å². The van der Waals surface area contributed by atoms with Crippen LogP contribution in [0, 0.1) is 0 Å². The summed E-state index contributed by atoms with van der Waals surface area (Å²) >= 11 is 7.50. The van der Waals surface area contributed by atoms with Gasteiger partial charge in [0.15, 0.2) is 11.5 Å². The lowest BCUT2D eigenvalue weighted by Crippen LogP contribution is -2.26. The van der Waals surface area contributed by atoms with Gasteiger partial charge in [0.2, 0.25) is 0 Å². The van der Waals surface area contributed by atoms with Crippen molar-refractivity contribution in [3.8, 4) is 10.6 Å². The number of carbonyl (C=O) groups is 1. The molecule has 3 rings (SSSR count). The molecule has 0 aliphatic rings. The van der Waals surface area contributed by atoms with E-state index in [4.69, 9.17) is 16.1 Å². The van der Waals surface area contributed by atoms with E-state index in [0.29, 0.717) is 10.8 Å². The second kappa shape index (κ2) is 6.34. The van der Waals surface area contributed by atoms with Crippen LogP contribution in [0.25, 0.3) is 10.6 Å². The first-order valence-electron chi connectivity index (χ1n) is 6.70. The van der Waals surface area contributed by atoms with Gasteiger partial charge >= 0.3 is 0 Å². The van der Waals surface area contributed by atoms with Gasteiger partial charge in [0.05, 0.1) is 10.9 Å². The second-order valence-electron chi connectivity index (χ2n) is 4.80. The van der Waals surface area contributed by atoms with Crippen LogP contribution in [0.5, 0.6) is 0 Å². The lowest BCUT2D eigenvalue weighted by molar-refractivity contribution is 0.0931. The van der Waals surface area contributed by atoms with Crippen molar-refractivity contribution >= 4 is 28.8 Å². The minimum Gasteiger partial charge on any atom is -0.355 e. The first-order chi connectivity index (χ1) is 10.6. The van der Waals surface area contributed by atoms with E-state index in [9.17, 15) is 4.79 Å². The minimum atomic E-state index is -0.279. The van der Waals surface area contributed by atoms with Crippen molar-refractivity contribution in [2.45, 2.75) is 13.0 Å². The summed E-state index contributed by atoms with van der Waals surface area (Å²) in [6.45, 7) is 1.89. The molecule has 2 aromatic heterocycles. The standard InChI is InChI=1S/C16H13ClN2O2S/c1-10(11-4-2-5-12(17)8-11)18-16(20)13-9-14(21-19-13)15-6-3-7-22-15/h2-10H,1H3,(H,18,20). The Hall–Kier alpha value is -2.11. The van der Waals surface area contributed by atoms with E-state index in [0.717, 1.165) is 10.4 Å². The molecule has 1 amide bonds. The predicted octanol–water partition coefficient (Wildman–Crippen LogP) is 4.55. The van der Waals surface area contributed by atoms with Gasteiger partial charge in [-0.2, -0.15) is 0 Å². The van der Waals surface area contributed by atoms with Gasteiger partial charge in [-0.25, -0.2) is 0 Å². The number of thiophene rings is 1. The van der Waals surface area contributed by atoms with Crippen LogP contribution in [0.1, 0.15) is 29.0 Å². The number of benzene rings is 1. The molecule has 1 atom stereocenters. The highest BCUT2D eigenvalue weighted by molar-refractivity contribution is 7.13. The van der Waals surface area contributed by atoms with Crippen LogP contribution in [0.2, 0.25) is 5.02 Å². The van der Waals surface area contributed by atoms with Gasteiger partial charge in [0.1, 0.15) is 0 Å². The zero-order chi connectivity index (χ0) is 15.5. The molecule has 0 radical (unpaired) electrons. The Labute approximate surface area is 136 Å². The molecule has 1 unspecified atom stereocenters. The highest BCUT2D eigenvalue weighted by atomic mass is 35.5. The monoisotopic (exact) mass is 332 g/mol. The van der Waals surface area contributed by atoms with E-state index in [1.807, 2.05) is 42.6 Å².